The van der Waals surface area contributed by atoms with E-state index in [0.29, 0.717) is 29.5 Å². The van der Waals surface area contributed by atoms with E-state index >= 15 is 0 Å². The van der Waals surface area contributed by atoms with E-state index in [0.717, 1.165) is 12.5 Å². The molecule has 0 bridgehead atoms. The summed E-state index contributed by atoms with van der Waals surface area (Å²) in [6.45, 7) is 5.35. The number of hydrogen-bond donors (Lipinski definition) is 2. The lowest BCUT2D eigenvalue weighted by molar-refractivity contribution is 0.0527. The number of nitrogens with one attached hydrogen (secondary N) is 1. The minimum Gasteiger partial charge on any atom is -0.462 e. The van der Waals surface area contributed by atoms with Crippen molar-refractivity contribution in [1.29, 1.82) is 0 Å². The van der Waals surface area contributed by atoms with Crippen LogP contribution in [0, 0.1) is 11.8 Å². The lowest BCUT2D eigenvalue weighted by Gasteiger charge is -2.29. The van der Waals surface area contributed by atoms with Gasteiger partial charge in [-0.3, -0.25) is 0 Å². The highest BCUT2D eigenvalue weighted by Gasteiger charge is 2.22. The van der Waals surface area contributed by atoms with Gasteiger partial charge in [-0.2, -0.15) is 0 Å². The maximum Gasteiger partial charge on any atom is 0.340 e. The molecular formula is C17H26N2O2. The van der Waals surface area contributed by atoms with Gasteiger partial charge < -0.3 is 15.8 Å². The number of anilines is 2. The maximum absolute atomic E-state index is 12.0. The number of nitrogen functional groups attached to an aromatic ring is 1. The number of esters is 1. The fourth-order valence-electron chi connectivity index (χ4n) is 3.08. The number of carbonyl (C=O) groups is 1. The van der Waals surface area contributed by atoms with Crippen LogP contribution in [-0.4, -0.2) is 19.1 Å². The van der Waals surface area contributed by atoms with Crippen LogP contribution in [0.1, 0.15) is 49.9 Å². The molecule has 2 unspecified atom stereocenters. The van der Waals surface area contributed by atoms with Crippen LogP contribution in [0.3, 0.4) is 0 Å². The molecule has 1 aliphatic carbocycles. The van der Waals surface area contributed by atoms with Gasteiger partial charge in [0.2, 0.25) is 0 Å². The molecule has 21 heavy (non-hydrogen) atoms. The Morgan fingerprint density at radius 3 is 2.86 bits per heavy atom. The van der Waals surface area contributed by atoms with Crippen LogP contribution in [0.5, 0.6) is 0 Å². The van der Waals surface area contributed by atoms with Crippen LogP contribution >= 0.6 is 0 Å². The van der Waals surface area contributed by atoms with Gasteiger partial charge in [0.15, 0.2) is 0 Å². The zero-order valence-corrected chi connectivity index (χ0v) is 13.0. The van der Waals surface area contributed by atoms with Crippen LogP contribution in [0.15, 0.2) is 18.2 Å². The molecule has 0 amide bonds. The van der Waals surface area contributed by atoms with Gasteiger partial charge in [-0.15, -0.1) is 0 Å². The third-order valence-corrected chi connectivity index (χ3v) is 4.42. The molecule has 4 heteroatoms. The van der Waals surface area contributed by atoms with Gasteiger partial charge in [0.05, 0.1) is 23.5 Å². The molecule has 1 aliphatic rings. The minimum absolute atomic E-state index is 0.316. The number of nitrogens with two attached hydrogens (primary N) is 1. The fourth-order valence-corrected chi connectivity index (χ4v) is 3.08. The summed E-state index contributed by atoms with van der Waals surface area (Å²) in [6, 6.07) is 5.37. The lowest BCUT2D eigenvalue weighted by Crippen LogP contribution is -2.25. The zero-order valence-electron chi connectivity index (χ0n) is 13.0. The Bertz CT molecular complexity index is 488. The number of hydrogen-bond acceptors (Lipinski definition) is 4. The van der Waals surface area contributed by atoms with Gasteiger partial charge in [-0.1, -0.05) is 32.3 Å². The summed E-state index contributed by atoms with van der Waals surface area (Å²) >= 11 is 0. The average Bonchev–Trinajstić information content (AvgIpc) is 2.47. The highest BCUT2D eigenvalue weighted by Crippen LogP contribution is 2.31. The van der Waals surface area contributed by atoms with E-state index in [1.54, 1.807) is 19.1 Å². The van der Waals surface area contributed by atoms with Gasteiger partial charge in [-0.05, 0) is 37.3 Å². The van der Waals surface area contributed by atoms with Crippen molar-refractivity contribution in [3.8, 4) is 0 Å². The first kappa shape index (κ1) is 15.7. The molecule has 2 atom stereocenters. The third-order valence-electron chi connectivity index (χ3n) is 4.42. The summed E-state index contributed by atoms with van der Waals surface area (Å²) in [5.74, 6) is 1.06. The second kappa shape index (κ2) is 7.34. The first-order valence-electron chi connectivity index (χ1n) is 7.93. The molecular weight excluding hydrogens is 264 g/mol. The average molecular weight is 290 g/mol. The van der Waals surface area contributed by atoms with Crippen molar-refractivity contribution in [2.24, 2.45) is 11.8 Å². The van der Waals surface area contributed by atoms with Crippen LogP contribution in [-0.2, 0) is 4.74 Å². The molecule has 116 valence electrons. The monoisotopic (exact) mass is 290 g/mol. The van der Waals surface area contributed by atoms with E-state index in [1.165, 1.54) is 25.7 Å². The topological polar surface area (TPSA) is 64.3 Å². The van der Waals surface area contributed by atoms with Crippen molar-refractivity contribution >= 4 is 17.3 Å². The number of carbonyl (C=O) groups excluding carboxylic acids is 1. The molecule has 1 aromatic rings. The first-order chi connectivity index (χ1) is 10.1. The van der Waals surface area contributed by atoms with Crippen LogP contribution in [0.2, 0.25) is 0 Å². The second-order valence-electron chi connectivity index (χ2n) is 5.89. The van der Waals surface area contributed by atoms with Gasteiger partial charge in [0, 0.05) is 6.54 Å². The molecule has 0 spiro atoms. The first-order valence-corrected chi connectivity index (χ1v) is 7.93. The van der Waals surface area contributed by atoms with E-state index < -0.39 is 0 Å². The van der Waals surface area contributed by atoms with Gasteiger partial charge in [0.25, 0.3) is 0 Å². The molecule has 0 aromatic heterocycles. The minimum atomic E-state index is -0.316. The van der Waals surface area contributed by atoms with E-state index in [2.05, 4.69) is 12.2 Å². The Kier molecular flexibility index (Phi) is 5.48. The van der Waals surface area contributed by atoms with E-state index in [-0.39, 0.29) is 5.97 Å². The Morgan fingerprint density at radius 1 is 1.38 bits per heavy atom. The normalized spacial score (nSPS) is 21.8. The van der Waals surface area contributed by atoms with Crippen molar-refractivity contribution in [3.63, 3.8) is 0 Å². The number of para-hydroxylation sites is 1. The number of benzene rings is 1. The summed E-state index contributed by atoms with van der Waals surface area (Å²) in [5, 5.41) is 3.40. The van der Waals surface area contributed by atoms with E-state index in [4.69, 9.17) is 10.5 Å². The highest BCUT2D eigenvalue weighted by molar-refractivity contribution is 5.98. The Labute approximate surface area is 127 Å². The molecule has 2 rings (SSSR count). The Morgan fingerprint density at radius 2 is 2.14 bits per heavy atom. The van der Waals surface area contributed by atoms with Gasteiger partial charge in [-0.25, -0.2) is 4.79 Å². The summed E-state index contributed by atoms with van der Waals surface area (Å²) in [5.41, 5.74) is 7.88. The standard InChI is InChI=1S/C17H26N2O2/c1-3-21-17(20)14-9-6-10-15(18)16(14)19-11-13-8-5-4-7-12(13)2/h6,9-10,12-13,19H,3-5,7-8,11,18H2,1-2H3. The molecule has 1 aromatic carbocycles. The van der Waals surface area contributed by atoms with Crippen molar-refractivity contribution in [2.45, 2.75) is 39.5 Å². The molecule has 3 N–H and O–H groups in total. The van der Waals surface area contributed by atoms with Crippen LogP contribution < -0.4 is 11.1 Å². The van der Waals surface area contributed by atoms with Crippen molar-refractivity contribution in [1.82, 2.24) is 0 Å². The summed E-state index contributed by atoms with van der Waals surface area (Å²) in [7, 11) is 0. The van der Waals surface area contributed by atoms with Gasteiger partial charge in [0.1, 0.15) is 0 Å². The van der Waals surface area contributed by atoms with Gasteiger partial charge >= 0.3 is 5.97 Å². The molecule has 0 heterocycles. The second-order valence-corrected chi connectivity index (χ2v) is 5.89. The summed E-state index contributed by atoms with van der Waals surface area (Å²) in [4.78, 5) is 12.0. The molecule has 1 fully saturated rings. The largest absolute Gasteiger partial charge is 0.462 e. The van der Waals surface area contributed by atoms with Crippen molar-refractivity contribution in [3.05, 3.63) is 23.8 Å². The molecule has 0 saturated heterocycles. The lowest BCUT2D eigenvalue weighted by atomic mass is 9.80. The summed E-state index contributed by atoms with van der Waals surface area (Å²) < 4.78 is 5.10. The fraction of sp³-hybridized carbons (Fsp3) is 0.588. The third kappa shape index (κ3) is 3.90. The van der Waals surface area contributed by atoms with Crippen molar-refractivity contribution in [2.75, 3.05) is 24.2 Å². The molecule has 1 saturated carbocycles. The maximum atomic E-state index is 12.0. The quantitative estimate of drug-likeness (QED) is 0.641. The molecule has 0 radical (unpaired) electrons. The molecule has 4 nitrogen and oxygen atoms in total. The summed E-state index contributed by atoms with van der Waals surface area (Å²) in [6.07, 6.45) is 5.17. The SMILES string of the molecule is CCOC(=O)c1cccc(N)c1NCC1CCCCC1C. The van der Waals surface area contributed by atoms with E-state index in [1.807, 2.05) is 6.07 Å². The number of rotatable bonds is 5. The van der Waals surface area contributed by atoms with Crippen molar-refractivity contribution < 1.29 is 9.53 Å². The molecule has 0 aliphatic heterocycles. The number of ether oxygens (including phenoxy) is 1. The highest BCUT2D eigenvalue weighted by atomic mass is 16.5. The van der Waals surface area contributed by atoms with Crippen LogP contribution in [0.4, 0.5) is 11.4 Å². The smallest absolute Gasteiger partial charge is 0.340 e. The zero-order chi connectivity index (χ0) is 15.2. The Hall–Kier alpha value is -1.71. The predicted octanol–water partition coefficient (Wildman–Crippen LogP) is 3.68. The Balaban J connectivity index is 2.09. The predicted molar refractivity (Wildman–Crippen MR) is 86.4 cm³/mol. The van der Waals surface area contributed by atoms with Crippen LogP contribution in [0.25, 0.3) is 0 Å². The van der Waals surface area contributed by atoms with E-state index in [9.17, 15) is 4.79 Å².